The van der Waals surface area contributed by atoms with Gasteiger partial charge in [0.15, 0.2) is 0 Å². The van der Waals surface area contributed by atoms with Crippen LogP contribution in [-0.4, -0.2) is 0 Å². The Hall–Kier alpha value is -1.40. The first-order chi connectivity index (χ1) is 12.2. The summed E-state index contributed by atoms with van der Waals surface area (Å²) in [6.45, 7) is 0. The molecule has 0 spiro atoms. The quantitative estimate of drug-likeness (QED) is 0.428. The predicted molar refractivity (Wildman–Crippen MR) is 106 cm³/mol. The van der Waals surface area contributed by atoms with E-state index in [2.05, 4.69) is 72.8 Å². The SMILES string of the molecule is [Cl][Rh]([Cl])([C]1=C(c2ccccc2)C=CC1)[C]1=C(c2ccccc2)C=CC1. The molecule has 2 aromatic rings. The van der Waals surface area contributed by atoms with E-state index in [4.69, 9.17) is 19.4 Å². The van der Waals surface area contributed by atoms with Gasteiger partial charge in [-0.15, -0.1) is 0 Å². The van der Waals surface area contributed by atoms with Crippen LogP contribution in [0.15, 0.2) is 93.3 Å². The second-order valence-electron chi connectivity index (χ2n) is 5.91. The van der Waals surface area contributed by atoms with Crippen molar-refractivity contribution in [3.8, 4) is 0 Å². The monoisotopic (exact) mass is 455 g/mol. The summed E-state index contributed by atoms with van der Waals surface area (Å²) < 4.78 is 2.45. The number of halogens is 2. The molecule has 0 aromatic heterocycles. The molecule has 0 saturated carbocycles. The van der Waals surface area contributed by atoms with Gasteiger partial charge in [-0.2, -0.15) is 0 Å². The Kier molecular flexibility index (Phi) is 4.82. The van der Waals surface area contributed by atoms with E-state index in [1.54, 1.807) is 0 Å². The van der Waals surface area contributed by atoms with Gasteiger partial charge >= 0.3 is 161 Å². The average molecular weight is 456 g/mol. The summed E-state index contributed by atoms with van der Waals surface area (Å²) in [5.41, 5.74) is 4.81. The molecular formula is C22H18Cl2Rh. The maximum atomic E-state index is 7.17. The van der Waals surface area contributed by atoms with Gasteiger partial charge in [0.1, 0.15) is 0 Å². The van der Waals surface area contributed by atoms with Crippen LogP contribution in [0.25, 0.3) is 11.1 Å². The summed E-state index contributed by atoms with van der Waals surface area (Å²) in [5, 5.41) is 0. The van der Waals surface area contributed by atoms with E-state index in [-0.39, 0.29) is 0 Å². The van der Waals surface area contributed by atoms with Crippen molar-refractivity contribution in [3.63, 3.8) is 0 Å². The van der Waals surface area contributed by atoms with Crippen molar-refractivity contribution >= 4 is 30.5 Å². The molecule has 0 N–H and O–H groups in total. The molecule has 2 aliphatic rings. The summed E-state index contributed by atoms with van der Waals surface area (Å²) in [4.78, 5) is 0. The molecule has 0 aliphatic heterocycles. The molecule has 0 atom stereocenters. The summed E-state index contributed by atoms with van der Waals surface area (Å²) in [5.74, 6) is 0. The van der Waals surface area contributed by atoms with Crippen LogP contribution in [0.1, 0.15) is 24.0 Å². The van der Waals surface area contributed by atoms with E-state index >= 15 is 0 Å². The minimum atomic E-state index is -3.01. The molecule has 0 saturated heterocycles. The third-order valence-corrected chi connectivity index (χ3v) is 12.0. The minimum absolute atomic E-state index is 0.852. The molecule has 2 aromatic carbocycles. The van der Waals surface area contributed by atoms with Gasteiger partial charge in [0, 0.05) is 0 Å². The van der Waals surface area contributed by atoms with Crippen molar-refractivity contribution in [1.82, 2.24) is 0 Å². The Balaban J connectivity index is 1.82. The molecule has 25 heavy (non-hydrogen) atoms. The van der Waals surface area contributed by atoms with Crippen molar-refractivity contribution in [1.29, 1.82) is 0 Å². The van der Waals surface area contributed by atoms with Crippen LogP contribution in [0.3, 0.4) is 0 Å². The van der Waals surface area contributed by atoms with Crippen LogP contribution >= 0.6 is 19.4 Å². The van der Waals surface area contributed by atoms with Gasteiger partial charge < -0.3 is 0 Å². The number of hydrogen-bond acceptors (Lipinski definition) is 0. The predicted octanol–water partition coefficient (Wildman–Crippen LogP) is 7.19. The van der Waals surface area contributed by atoms with Crippen molar-refractivity contribution in [2.24, 2.45) is 0 Å². The standard InChI is InChI=1S/2C11H9.2ClH.Rh/c2*1-2-6-10(7-3-1)11-8-4-5-9-11;;;/h2*1-4,6-8H,5H2;2*1H;/q;;;;+2/p-2. The van der Waals surface area contributed by atoms with Gasteiger partial charge in [-0.1, -0.05) is 0 Å². The summed E-state index contributed by atoms with van der Waals surface area (Å²) in [6.07, 6.45) is 10.4. The Morgan fingerprint density at radius 3 is 1.40 bits per heavy atom. The van der Waals surface area contributed by atoms with Gasteiger partial charge in [-0.3, -0.25) is 0 Å². The van der Waals surface area contributed by atoms with E-state index < -0.39 is 12.8 Å². The van der Waals surface area contributed by atoms with Crippen molar-refractivity contribution in [2.45, 2.75) is 12.8 Å². The van der Waals surface area contributed by atoms with E-state index in [9.17, 15) is 0 Å². The van der Waals surface area contributed by atoms with Crippen LogP contribution in [0.4, 0.5) is 0 Å². The van der Waals surface area contributed by atoms with Gasteiger partial charge in [-0.25, -0.2) is 0 Å². The Morgan fingerprint density at radius 1 is 0.600 bits per heavy atom. The number of hydrogen-bond donors (Lipinski definition) is 0. The Morgan fingerprint density at radius 2 is 1.00 bits per heavy atom. The second kappa shape index (κ2) is 7.08. The number of rotatable bonds is 4. The molecule has 0 unspecified atom stereocenters. The maximum absolute atomic E-state index is 7.17. The molecule has 0 amide bonds. The van der Waals surface area contributed by atoms with Crippen molar-refractivity contribution < 1.29 is 12.8 Å². The van der Waals surface area contributed by atoms with E-state index in [0.29, 0.717) is 0 Å². The molecule has 129 valence electrons. The van der Waals surface area contributed by atoms with Gasteiger partial charge in [0.2, 0.25) is 0 Å². The fraction of sp³-hybridized carbons (Fsp3) is 0.0909. The summed E-state index contributed by atoms with van der Waals surface area (Å²) in [6, 6.07) is 20.8. The average Bonchev–Trinajstić information content (AvgIpc) is 3.33. The molecular weight excluding hydrogens is 438 g/mol. The molecule has 3 heteroatoms. The molecule has 0 nitrogen and oxygen atoms in total. The second-order valence-corrected chi connectivity index (χ2v) is 15.0. The van der Waals surface area contributed by atoms with Crippen LogP contribution in [0.5, 0.6) is 0 Å². The number of allylic oxidation sites excluding steroid dienone is 8. The first kappa shape index (κ1) is 17.0. The number of benzene rings is 2. The van der Waals surface area contributed by atoms with Gasteiger partial charge in [0.25, 0.3) is 0 Å². The van der Waals surface area contributed by atoms with Crippen LogP contribution in [0.2, 0.25) is 0 Å². The molecule has 0 heterocycles. The third kappa shape index (κ3) is 3.22. The first-order valence-electron chi connectivity index (χ1n) is 8.17. The zero-order valence-electron chi connectivity index (χ0n) is 13.6. The summed E-state index contributed by atoms with van der Waals surface area (Å²) in [7, 11) is 14.3. The van der Waals surface area contributed by atoms with Crippen molar-refractivity contribution in [3.05, 3.63) is 104 Å². The van der Waals surface area contributed by atoms with Crippen LogP contribution in [-0.2, 0) is 12.8 Å². The Labute approximate surface area is 160 Å². The Bertz CT molecular complexity index is 828. The molecule has 0 fully saturated rings. The third-order valence-electron chi connectivity index (χ3n) is 4.38. The van der Waals surface area contributed by atoms with Crippen molar-refractivity contribution in [2.75, 3.05) is 0 Å². The molecule has 2 aliphatic carbocycles. The fourth-order valence-electron chi connectivity index (χ4n) is 3.19. The first-order valence-corrected chi connectivity index (χ1v) is 14.0. The topological polar surface area (TPSA) is 0 Å². The molecule has 0 radical (unpaired) electrons. The molecule has 4 rings (SSSR count). The van der Waals surface area contributed by atoms with E-state index in [1.807, 2.05) is 12.1 Å². The van der Waals surface area contributed by atoms with Gasteiger partial charge in [0.05, 0.1) is 0 Å². The normalized spacial score (nSPS) is 17.7. The van der Waals surface area contributed by atoms with E-state index in [1.165, 1.54) is 30.6 Å². The van der Waals surface area contributed by atoms with Gasteiger partial charge in [-0.05, 0) is 0 Å². The zero-order valence-corrected chi connectivity index (χ0v) is 16.7. The fourth-order valence-corrected chi connectivity index (χ4v) is 9.69. The van der Waals surface area contributed by atoms with Crippen LogP contribution in [0, 0.1) is 0 Å². The zero-order chi connectivity index (χ0) is 17.3. The molecule has 0 bridgehead atoms. The van der Waals surface area contributed by atoms with E-state index in [0.717, 1.165) is 12.8 Å². The van der Waals surface area contributed by atoms with Crippen LogP contribution < -0.4 is 0 Å². The summed E-state index contributed by atoms with van der Waals surface area (Å²) >= 11 is -3.01.